The van der Waals surface area contributed by atoms with Crippen molar-refractivity contribution in [2.24, 2.45) is 5.73 Å². The average molecular weight is 467 g/mol. The Morgan fingerprint density at radius 1 is 1.24 bits per heavy atom. The van der Waals surface area contributed by atoms with Crippen LogP contribution in [0, 0.1) is 6.92 Å². The summed E-state index contributed by atoms with van der Waals surface area (Å²) in [5.74, 6) is 0.182. The highest BCUT2D eigenvalue weighted by Gasteiger charge is 2.27. The van der Waals surface area contributed by atoms with Gasteiger partial charge in [-0.3, -0.25) is 9.59 Å². The Bertz CT molecular complexity index is 1170. The Hall–Kier alpha value is -3.90. The second-order valence-electron chi connectivity index (χ2n) is 7.76. The van der Waals surface area contributed by atoms with E-state index in [4.69, 9.17) is 19.9 Å². The Balaban J connectivity index is 1.40. The van der Waals surface area contributed by atoms with E-state index in [1.807, 2.05) is 24.3 Å². The van der Waals surface area contributed by atoms with Crippen molar-refractivity contribution < 1.29 is 23.8 Å². The number of rotatable bonds is 8. The third-order valence-electron chi connectivity index (χ3n) is 5.14. The molecule has 3 aromatic rings. The number of nitrogens with zero attached hydrogens (tertiary/aromatic N) is 5. The van der Waals surface area contributed by atoms with Gasteiger partial charge in [0, 0.05) is 17.8 Å². The zero-order valence-electron chi connectivity index (χ0n) is 18.8. The van der Waals surface area contributed by atoms with Crippen LogP contribution in [0.5, 0.6) is 5.75 Å². The lowest BCUT2D eigenvalue weighted by atomic mass is 10.1. The largest absolute Gasteiger partial charge is 0.497 e. The first-order valence-corrected chi connectivity index (χ1v) is 10.6. The molecule has 1 aliphatic heterocycles. The SMILES string of the molecule is COc1cccc(CNC(=O)c2cc(-c3nnn(C[C@H]4COC(C(N)=O)CO4)n3)cc(C)n2)c1. The van der Waals surface area contributed by atoms with Crippen molar-refractivity contribution in [2.45, 2.75) is 32.2 Å². The number of hydrogen-bond donors (Lipinski definition) is 2. The van der Waals surface area contributed by atoms with Gasteiger partial charge in [0.25, 0.3) is 5.91 Å². The van der Waals surface area contributed by atoms with E-state index in [1.54, 1.807) is 26.2 Å². The van der Waals surface area contributed by atoms with Crippen molar-refractivity contribution in [3.8, 4) is 17.1 Å². The first-order chi connectivity index (χ1) is 16.4. The topological polar surface area (TPSA) is 156 Å². The van der Waals surface area contributed by atoms with Crippen LogP contribution in [0.15, 0.2) is 36.4 Å². The van der Waals surface area contributed by atoms with Gasteiger partial charge in [-0.2, -0.15) is 4.80 Å². The standard InChI is InChI=1S/C22H25N7O5/c1-13-6-15(8-18(25-13)22(31)24-9-14-4-3-5-16(7-14)32-2)21-26-28-29(27-21)10-17-11-34-19(12-33-17)20(23)30/h3-8,17,19H,9-12H2,1-2H3,(H2,23,30)(H,24,31)/t17-,19?/m0/s1. The molecule has 178 valence electrons. The van der Waals surface area contributed by atoms with Gasteiger partial charge >= 0.3 is 0 Å². The van der Waals surface area contributed by atoms with Gasteiger partial charge in [0.1, 0.15) is 17.5 Å². The lowest BCUT2D eigenvalue weighted by Gasteiger charge is -2.27. The second kappa shape index (κ2) is 10.4. The van der Waals surface area contributed by atoms with Crippen LogP contribution in [0.1, 0.15) is 21.7 Å². The highest BCUT2D eigenvalue weighted by atomic mass is 16.6. The van der Waals surface area contributed by atoms with Crippen LogP contribution in [-0.2, 0) is 27.4 Å². The second-order valence-corrected chi connectivity index (χ2v) is 7.76. The van der Waals surface area contributed by atoms with Gasteiger partial charge in [-0.05, 0) is 42.0 Å². The summed E-state index contributed by atoms with van der Waals surface area (Å²) in [4.78, 5) is 29.6. The predicted octanol–water partition coefficient (Wildman–Crippen LogP) is 0.251. The van der Waals surface area contributed by atoms with Crippen LogP contribution in [-0.4, -0.2) is 69.5 Å². The molecule has 0 bridgehead atoms. The third-order valence-corrected chi connectivity index (χ3v) is 5.14. The van der Waals surface area contributed by atoms with Crippen LogP contribution < -0.4 is 15.8 Å². The molecule has 0 radical (unpaired) electrons. The van der Waals surface area contributed by atoms with Crippen LogP contribution in [0.4, 0.5) is 0 Å². The van der Waals surface area contributed by atoms with E-state index in [9.17, 15) is 9.59 Å². The number of aryl methyl sites for hydroxylation is 1. The van der Waals surface area contributed by atoms with Gasteiger partial charge in [0.2, 0.25) is 11.7 Å². The lowest BCUT2D eigenvalue weighted by molar-refractivity contribution is -0.160. The molecule has 34 heavy (non-hydrogen) atoms. The fraction of sp³-hybridized carbons (Fsp3) is 0.364. The number of benzene rings is 1. The molecule has 12 nitrogen and oxygen atoms in total. The number of hydrogen-bond acceptors (Lipinski definition) is 9. The number of nitrogens with one attached hydrogen (secondary N) is 1. The molecule has 2 amide bonds. The molecule has 1 unspecified atom stereocenters. The van der Waals surface area contributed by atoms with E-state index in [2.05, 4.69) is 25.7 Å². The molecule has 0 saturated carbocycles. The van der Waals surface area contributed by atoms with E-state index in [-0.39, 0.29) is 37.5 Å². The number of amides is 2. The fourth-order valence-electron chi connectivity index (χ4n) is 3.40. The van der Waals surface area contributed by atoms with Gasteiger partial charge in [-0.15, -0.1) is 10.2 Å². The zero-order valence-corrected chi connectivity index (χ0v) is 18.8. The number of methoxy groups -OCH3 is 1. The molecular weight excluding hydrogens is 442 g/mol. The molecule has 1 fully saturated rings. The van der Waals surface area contributed by atoms with Gasteiger partial charge in [-0.1, -0.05) is 12.1 Å². The molecule has 3 heterocycles. The molecule has 0 aliphatic carbocycles. The lowest BCUT2D eigenvalue weighted by Crippen LogP contribution is -2.44. The van der Waals surface area contributed by atoms with Crippen LogP contribution in [0.2, 0.25) is 0 Å². The maximum Gasteiger partial charge on any atom is 0.270 e. The van der Waals surface area contributed by atoms with Crippen molar-refractivity contribution in [3.05, 3.63) is 53.3 Å². The summed E-state index contributed by atoms with van der Waals surface area (Å²) in [6.45, 7) is 2.68. The highest BCUT2D eigenvalue weighted by Crippen LogP contribution is 2.17. The first-order valence-electron chi connectivity index (χ1n) is 10.6. The van der Waals surface area contributed by atoms with Crippen molar-refractivity contribution in [3.63, 3.8) is 0 Å². The predicted molar refractivity (Wildman–Crippen MR) is 119 cm³/mol. The summed E-state index contributed by atoms with van der Waals surface area (Å²) in [6, 6.07) is 10.8. The fourth-order valence-corrected chi connectivity index (χ4v) is 3.40. The number of carbonyl (C=O) groups is 2. The number of nitrogens with two attached hydrogens (primary N) is 1. The monoisotopic (exact) mass is 467 g/mol. The number of tetrazole rings is 1. The van der Waals surface area contributed by atoms with Gasteiger partial charge in [0.05, 0.1) is 26.9 Å². The van der Waals surface area contributed by atoms with Crippen LogP contribution >= 0.6 is 0 Å². The molecule has 1 aromatic carbocycles. The Kier molecular flexibility index (Phi) is 7.09. The van der Waals surface area contributed by atoms with E-state index in [0.717, 1.165) is 11.3 Å². The number of ether oxygens (including phenoxy) is 3. The minimum atomic E-state index is -0.746. The quantitative estimate of drug-likeness (QED) is 0.474. The number of aromatic nitrogens is 5. The summed E-state index contributed by atoms with van der Waals surface area (Å²) in [5, 5.41) is 15.4. The maximum absolute atomic E-state index is 12.7. The van der Waals surface area contributed by atoms with Crippen molar-refractivity contribution in [2.75, 3.05) is 20.3 Å². The minimum Gasteiger partial charge on any atom is -0.497 e. The molecule has 2 aromatic heterocycles. The normalized spacial score (nSPS) is 17.8. The van der Waals surface area contributed by atoms with Crippen LogP contribution in [0.3, 0.4) is 0 Å². The number of primary amides is 1. The zero-order chi connectivity index (χ0) is 24.1. The highest BCUT2D eigenvalue weighted by molar-refractivity contribution is 5.93. The molecule has 1 saturated heterocycles. The molecular formula is C22H25N7O5. The smallest absolute Gasteiger partial charge is 0.270 e. The van der Waals surface area contributed by atoms with E-state index >= 15 is 0 Å². The van der Waals surface area contributed by atoms with E-state index in [1.165, 1.54) is 4.80 Å². The van der Waals surface area contributed by atoms with E-state index < -0.39 is 12.0 Å². The van der Waals surface area contributed by atoms with E-state index in [0.29, 0.717) is 23.6 Å². The Morgan fingerprint density at radius 2 is 2.09 bits per heavy atom. The van der Waals surface area contributed by atoms with Gasteiger partial charge in [0.15, 0.2) is 6.10 Å². The molecule has 2 atom stereocenters. The van der Waals surface area contributed by atoms with Gasteiger partial charge in [-0.25, -0.2) is 4.98 Å². The van der Waals surface area contributed by atoms with Crippen molar-refractivity contribution >= 4 is 11.8 Å². The number of carbonyl (C=O) groups excluding carboxylic acids is 2. The maximum atomic E-state index is 12.7. The average Bonchev–Trinajstić information content (AvgIpc) is 3.31. The molecule has 3 N–H and O–H groups in total. The minimum absolute atomic E-state index is 0.0827. The van der Waals surface area contributed by atoms with Crippen molar-refractivity contribution in [1.82, 2.24) is 30.5 Å². The summed E-state index contributed by atoms with van der Waals surface area (Å²) in [5.41, 5.74) is 7.62. The number of pyridine rings is 1. The van der Waals surface area contributed by atoms with Crippen LogP contribution in [0.25, 0.3) is 11.4 Å². The summed E-state index contributed by atoms with van der Waals surface area (Å²) < 4.78 is 16.2. The van der Waals surface area contributed by atoms with Crippen molar-refractivity contribution in [1.29, 1.82) is 0 Å². The summed E-state index contributed by atoms with van der Waals surface area (Å²) >= 11 is 0. The van der Waals surface area contributed by atoms with Gasteiger partial charge < -0.3 is 25.3 Å². The molecule has 1 aliphatic rings. The first kappa shape index (κ1) is 23.3. The summed E-state index contributed by atoms with van der Waals surface area (Å²) in [6.07, 6.45) is -1.08. The molecule has 12 heteroatoms. The third kappa shape index (κ3) is 5.71. The Labute approximate surface area is 195 Å². The molecule has 0 spiro atoms. The molecule has 4 rings (SSSR count). The Morgan fingerprint density at radius 3 is 2.82 bits per heavy atom. The summed E-state index contributed by atoms with van der Waals surface area (Å²) in [7, 11) is 1.59.